The minimum Gasteiger partial charge on any atom is -0.481 e. The van der Waals surface area contributed by atoms with Crippen LogP contribution < -0.4 is 5.73 Å². The first-order valence-corrected chi connectivity index (χ1v) is 4.27. The Kier molecular flexibility index (Phi) is 2.69. The predicted molar refractivity (Wildman–Crippen MR) is 44.2 cm³/mol. The number of carboxylic acids is 1. The van der Waals surface area contributed by atoms with Gasteiger partial charge in [-0.2, -0.15) is 6.42 Å². The molecule has 4 heteroatoms. The van der Waals surface area contributed by atoms with Crippen molar-refractivity contribution in [2.24, 2.45) is 23.0 Å². The van der Waals surface area contributed by atoms with E-state index in [-0.39, 0.29) is 50.1 Å². The first-order chi connectivity index (χ1) is 5.40. The fraction of sp³-hybridized carbons (Fsp3) is 0.778. The van der Waals surface area contributed by atoms with Crippen LogP contribution >= 0.6 is 0 Å². The zero-order chi connectivity index (χ0) is 9.15. The molecule has 3 nitrogen and oxygen atoms in total. The monoisotopic (exact) mass is 257 g/mol. The molecule has 0 aromatic rings. The Morgan fingerprint density at radius 3 is 2.38 bits per heavy atom. The summed E-state index contributed by atoms with van der Waals surface area (Å²) < 4.78 is 0. The maximum absolute atomic E-state index is 10.9. The zero-order valence-corrected chi connectivity index (χ0v) is 10.8. The Morgan fingerprint density at radius 1 is 1.62 bits per heavy atom. The van der Waals surface area contributed by atoms with Gasteiger partial charge in [0.2, 0.25) is 0 Å². The summed E-state index contributed by atoms with van der Waals surface area (Å²) in [5.41, 5.74) is 5.05. The molecule has 2 rings (SSSR count). The van der Waals surface area contributed by atoms with Crippen molar-refractivity contribution in [1.29, 1.82) is 0 Å². The van der Waals surface area contributed by atoms with Gasteiger partial charge in [-0.1, -0.05) is 6.92 Å². The molecular formula is C9H14NO2Y-. The van der Waals surface area contributed by atoms with Crippen LogP contribution in [-0.4, -0.2) is 16.6 Å². The summed E-state index contributed by atoms with van der Waals surface area (Å²) in [6.07, 6.45) is 2.91. The fourth-order valence-corrected chi connectivity index (χ4v) is 2.86. The van der Waals surface area contributed by atoms with Crippen LogP contribution in [0.2, 0.25) is 0 Å². The SMILES string of the molecule is CC1(N)[CH-]CC2C1C2(C)C(=O)O.[Y]. The summed E-state index contributed by atoms with van der Waals surface area (Å²) in [5, 5.41) is 8.98. The van der Waals surface area contributed by atoms with Crippen LogP contribution in [0.1, 0.15) is 20.3 Å². The van der Waals surface area contributed by atoms with Crippen LogP contribution in [0.3, 0.4) is 0 Å². The Morgan fingerprint density at radius 2 is 2.15 bits per heavy atom. The van der Waals surface area contributed by atoms with Crippen LogP contribution in [0.15, 0.2) is 0 Å². The molecular weight excluding hydrogens is 243 g/mol. The standard InChI is InChI=1S/C9H14NO2.Y/c1-8(10)4-3-5-6(8)9(5,2)7(11)12;/h4-6H,3,10H2,1-2H3,(H,11,12);/q-1;. The van der Waals surface area contributed by atoms with Gasteiger partial charge < -0.3 is 17.3 Å². The third-order valence-electron chi connectivity index (χ3n) is 3.65. The molecule has 2 saturated carbocycles. The molecule has 2 aliphatic rings. The molecule has 0 aliphatic heterocycles. The van der Waals surface area contributed by atoms with Gasteiger partial charge in [0.25, 0.3) is 0 Å². The number of carbonyl (C=O) groups is 1. The van der Waals surface area contributed by atoms with Crippen molar-refractivity contribution < 1.29 is 42.6 Å². The van der Waals surface area contributed by atoms with Crippen LogP contribution in [0.25, 0.3) is 0 Å². The predicted octanol–water partition coefficient (Wildman–Crippen LogP) is 0.646. The summed E-state index contributed by atoms with van der Waals surface area (Å²) in [6, 6.07) is 0. The Balaban J connectivity index is 0.000000845. The molecule has 1 radical (unpaired) electrons. The van der Waals surface area contributed by atoms with E-state index in [1.807, 2.05) is 20.3 Å². The largest absolute Gasteiger partial charge is 0.481 e. The van der Waals surface area contributed by atoms with Crippen molar-refractivity contribution in [3.63, 3.8) is 0 Å². The van der Waals surface area contributed by atoms with Gasteiger partial charge in [-0.05, 0) is 18.8 Å². The molecule has 0 aromatic carbocycles. The van der Waals surface area contributed by atoms with Crippen LogP contribution in [-0.2, 0) is 37.5 Å². The minimum atomic E-state index is -0.692. The Hall–Kier alpha value is 0.534. The summed E-state index contributed by atoms with van der Waals surface area (Å²) >= 11 is 0. The Labute approximate surface area is 103 Å². The number of fused-ring (bicyclic) bond motifs is 1. The third-order valence-corrected chi connectivity index (χ3v) is 3.65. The Bertz CT molecular complexity index is 254. The molecule has 2 fully saturated rings. The maximum atomic E-state index is 10.9. The van der Waals surface area contributed by atoms with Crippen molar-refractivity contribution in [2.45, 2.75) is 25.8 Å². The van der Waals surface area contributed by atoms with E-state index in [1.54, 1.807) is 0 Å². The van der Waals surface area contributed by atoms with Gasteiger partial charge in [0.1, 0.15) is 0 Å². The van der Waals surface area contributed by atoms with Crippen LogP contribution in [0, 0.1) is 23.7 Å². The second kappa shape index (κ2) is 3.01. The fourth-order valence-electron chi connectivity index (χ4n) is 2.86. The van der Waals surface area contributed by atoms with Gasteiger partial charge in [0.15, 0.2) is 0 Å². The second-order valence-corrected chi connectivity index (χ2v) is 4.48. The van der Waals surface area contributed by atoms with Gasteiger partial charge >= 0.3 is 5.97 Å². The molecule has 3 N–H and O–H groups in total. The molecule has 0 heterocycles. The van der Waals surface area contributed by atoms with E-state index < -0.39 is 11.4 Å². The molecule has 0 spiro atoms. The molecule has 4 unspecified atom stereocenters. The van der Waals surface area contributed by atoms with E-state index >= 15 is 0 Å². The number of rotatable bonds is 1. The molecule has 0 amide bonds. The summed E-state index contributed by atoms with van der Waals surface area (Å²) in [6.45, 7) is 3.73. The van der Waals surface area contributed by atoms with E-state index in [2.05, 4.69) is 0 Å². The van der Waals surface area contributed by atoms with E-state index in [0.717, 1.165) is 6.42 Å². The van der Waals surface area contributed by atoms with E-state index in [9.17, 15) is 4.79 Å². The molecule has 0 saturated heterocycles. The van der Waals surface area contributed by atoms with Crippen molar-refractivity contribution in [3.05, 3.63) is 6.42 Å². The average molecular weight is 257 g/mol. The number of nitrogens with two attached hydrogens (primary N) is 1. The van der Waals surface area contributed by atoms with E-state index in [4.69, 9.17) is 10.8 Å². The van der Waals surface area contributed by atoms with Gasteiger partial charge in [0.05, 0.1) is 5.41 Å². The number of carboxylic acid groups (broad SMARTS) is 1. The van der Waals surface area contributed by atoms with Crippen molar-refractivity contribution in [2.75, 3.05) is 0 Å². The molecule has 4 atom stereocenters. The van der Waals surface area contributed by atoms with E-state index in [1.165, 1.54) is 0 Å². The smallest absolute Gasteiger partial charge is 0.309 e. The maximum Gasteiger partial charge on any atom is 0.309 e. The number of aliphatic carboxylic acids is 1. The van der Waals surface area contributed by atoms with Gasteiger partial charge in [-0.3, -0.25) is 4.79 Å². The quantitative estimate of drug-likeness (QED) is 0.678. The number of hydrogen-bond donors (Lipinski definition) is 2. The topological polar surface area (TPSA) is 63.3 Å². The summed E-state index contributed by atoms with van der Waals surface area (Å²) in [5.74, 6) is -0.255. The summed E-state index contributed by atoms with van der Waals surface area (Å²) in [4.78, 5) is 10.9. The van der Waals surface area contributed by atoms with Gasteiger partial charge in [-0.15, -0.1) is 5.54 Å². The molecule has 2 aliphatic carbocycles. The second-order valence-electron chi connectivity index (χ2n) is 4.48. The van der Waals surface area contributed by atoms with E-state index in [0.29, 0.717) is 0 Å². The molecule has 13 heavy (non-hydrogen) atoms. The first kappa shape index (κ1) is 11.6. The van der Waals surface area contributed by atoms with Crippen molar-refractivity contribution in [3.8, 4) is 0 Å². The van der Waals surface area contributed by atoms with Crippen molar-refractivity contribution >= 4 is 5.97 Å². The number of hydrogen-bond acceptors (Lipinski definition) is 2. The third kappa shape index (κ3) is 1.31. The van der Waals surface area contributed by atoms with Crippen molar-refractivity contribution in [1.82, 2.24) is 0 Å². The van der Waals surface area contributed by atoms with Crippen LogP contribution in [0.5, 0.6) is 0 Å². The summed E-state index contributed by atoms with van der Waals surface area (Å²) in [7, 11) is 0. The molecule has 0 aromatic heterocycles. The van der Waals surface area contributed by atoms with Gasteiger partial charge in [0, 0.05) is 32.7 Å². The first-order valence-electron chi connectivity index (χ1n) is 4.27. The zero-order valence-electron chi connectivity index (χ0n) is 7.95. The molecule has 71 valence electrons. The van der Waals surface area contributed by atoms with Crippen LogP contribution in [0.4, 0.5) is 0 Å². The molecule has 0 bridgehead atoms. The normalized spacial score (nSPS) is 52.2. The average Bonchev–Trinajstić information content (AvgIpc) is 2.41. The van der Waals surface area contributed by atoms with Gasteiger partial charge in [-0.25, -0.2) is 0 Å². The minimum absolute atomic E-state index is 0.